The van der Waals surface area contributed by atoms with Crippen molar-refractivity contribution in [2.24, 2.45) is 0 Å². The molecule has 0 aliphatic carbocycles. The van der Waals surface area contributed by atoms with Gasteiger partial charge in [-0.2, -0.15) is 0 Å². The third-order valence-electron chi connectivity index (χ3n) is 7.44. The van der Waals surface area contributed by atoms with Crippen molar-refractivity contribution in [1.82, 2.24) is 13.4 Å². The van der Waals surface area contributed by atoms with Crippen LogP contribution in [0.15, 0.2) is 0 Å². The van der Waals surface area contributed by atoms with Gasteiger partial charge in [0.15, 0.2) is 0 Å². The summed E-state index contributed by atoms with van der Waals surface area (Å²) in [5.41, 5.74) is 0. The molecule has 3 nitrogen and oxygen atoms in total. The van der Waals surface area contributed by atoms with Gasteiger partial charge in [0.1, 0.15) is 0 Å². The maximum atomic E-state index is 3.27. The van der Waals surface area contributed by atoms with Gasteiger partial charge in [0, 0.05) is 0 Å². The van der Waals surface area contributed by atoms with Crippen molar-refractivity contribution in [2.75, 3.05) is 6.54 Å². The standard InChI is InChI=1S/C25H59N3Si2/c1-14-19-20-21-26(29(15-2,16-3)27(22(6)7)23(8)9)30(17-4,18-5)28(24(10)11)25(12)13/h22-25H,14-21H2,1-13H3. The van der Waals surface area contributed by atoms with E-state index in [-0.39, 0.29) is 0 Å². The van der Waals surface area contributed by atoms with Gasteiger partial charge in [-0.3, -0.25) is 0 Å². The van der Waals surface area contributed by atoms with E-state index in [9.17, 15) is 0 Å². The van der Waals surface area contributed by atoms with Gasteiger partial charge in [-0.05, 0) is 61.3 Å². The van der Waals surface area contributed by atoms with E-state index in [0.29, 0.717) is 24.2 Å². The van der Waals surface area contributed by atoms with Crippen LogP contribution in [0.3, 0.4) is 0 Å². The van der Waals surface area contributed by atoms with Crippen molar-refractivity contribution < 1.29 is 0 Å². The van der Waals surface area contributed by atoms with E-state index in [0.717, 1.165) is 0 Å². The lowest BCUT2D eigenvalue weighted by Crippen LogP contribution is -2.80. The quantitative estimate of drug-likeness (QED) is 0.174. The lowest BCUT2D eigenvalue weighted by Gasteiger charge is -2.62. The molecule has 0 fully saturated rings. The summed E-state index contributed by atoms with van der Waals surface area (Å²) in [7, 11) is -3.65. The van der Waals surface area contributed by atoms with Crippen LogP contribution in [0.2, 0.25) is 24.2 Å². The van der Waals surface area contributed by atoms with Gasteiger partial charge in [-0.15, -0.1) is 0 Å². The summed E-state index contributed by atoms with van der Waals surface area (Å²) >= 11 is 0. The highest BCUT2D eigenvalue weighted by Gasteiger charge is 2.55. The van der Waals surface area contributed by atoms with Crippen molar-refractivity contribution in [2.45, 2.75) is 158 Å². The SMILES string of the molecule is CCCCCN([Si](CC)(CC)N(C(C)C)C(C)C)[Si](CC)(CC)N(C(C)C)C(C)C. The summed E-state index contributed by atoms with van der Waals surface area (Å²) < 4.78 is 9.28. The normalized spacial score (nSPS) is 14.0. The van der Waals surface area contributed by atoms with Crippen molar-refractivity contribution in [3.63, 3.8) is 0 Å². The average molecular weight is 458 g/mol. The Hall–Kier alpha value is 0.314. The second-order valence-electron chi connectivity index (χ2n) is 10.4. The predicted octanol–water partition coefficient (Wildman–Crippen LogP) is 7.68. The predicted molar refractivity (Wildman–Crippen MR) is 144 cm³/mol. The summed E-state index contributed by atoms with van der Waals surface area (Å²) in [6, 6.07) is 7.79. The van der Waals surface area contributed by atoms with Crippen molar-refractivity contribution in [1.29, 1.82) is 0 Å². The first-order chi connectivity index (χ1) is 14.0. The number of hydrogen-bond donors (Lipinski definition) is 0. The zero-order valence-corrected chi connectivity index (χ0v) is 25.3. The lowest BCUT2D eigenvalue weighted by atomic mass is 10.3. The van der Waals surface area contributed by atoms with Gasteiger partial charge in [0.2, 0.25) is 16.8 Å². The Morgan fingerprint density at radius 1 is 0.500 bits per heavy atom. The summed E-state index contributed by atoms with van der Waals surface area (Å²) in [6.45, 7) is 33.3. The second kappa shape index (κ2) is 13.8. The Kier molecular flexibility index (Phi) is 13.9. The first-order valence-electron chi connectivity index (χ1n) is 13.3. The smallest absolute Gasteiger partial charge is 0.200 e. The van der Waals surface area contributed by atoms with Crippen LogP contribution in [0.5, 0.6) is 0 Å². The molecule has 0 saturated carbocycles. The lowest BCUT2D eigenvalue weighted by molar-refractivity contribution is 0.234. The topological polar surface area (TPSA) is 9.72 Å². The van der Waals surface area contributed by atoms with Crippen LogP contribution in [0.25, 0.3) is 0 Å². The molecule has 5 heteroatoms. The zero-order valence-electron chi connectivity index (χ0n) is 23.3. The highest BCUT2D eigenvalue weighted by molar-refractivity contribution is 6.90. The highest BCUT2D eigenvalue weighted by atomic mass is 28.4. The Morgan fingerprint density at radius 2 is 0.800 bits per heavy atom. The van der Waals surface area contributed by atoms with Crippen LogP contribution in [0.1, 0.15) is 109 Å². The van der Waals surface area contributed by atoms with E-state index in [4.69, 9.17) is 0 Å². The molecule has 0 aliphatic heterocycles. The minimum Gasteiger partial charge on any atom is -0.321 e. The summed E-state index contributed by atoms with van der Waals surface area (Å²) in [6.07, 6.45) is 4.02. The van der Waals surface area contributed by atoms with E-state index < -0.39 is 16.8 Å². The Morgan fingerprint density at radius 3 is 1.00 bits per heavy atom. The average Bonchev–Trinajstić information content (AvgIpc) is 2.66. The zero-order chi connectivity index (χ0) is 23.7. The highest BCUT2D eigenvalue weighted by Crippen LogP contribution is 2.39. The van der Waals surface area contributed by atoms with Gasteiger partial charge >= 0.3 is 0 Å². The Labute approximate surface area is 194 Å². The molecule has 30 heavy (non-hydrogen) atoms. The molecule has 0 heterocycles. The van der Waals surface area contributed by atoms with E-state index in [1.807, 2.05) is 0 Å². The van der Waals surface area contributed by atoms with Crippen molar-refractivity contribution in [3.8, 4) is 0 Å². The molecular formula is C25H59N3Si2. The van der Waals surface area contributed by atoms with E-state index in [1.165, 1.54) is 50.0 Å². The molecule has 0 atom stereocenters. The molecule has 0 radical (unpaired) electrons. The molecule has 0 aromatic heterocycles. The maximum Gasteiger partial charge on any atom is 0.200 e. The fourth-order valence-electron chi connectivity index (χ4n) is 6.71. The summed E-state index contributed by atoms with van der Waals surface area (Å²) in [5.74, 6) is 0. The number of unbranched alkanes of at least 4 members (excludes halogenated alkanes) is 2. The van der Waals surface area contributed by atoms with Crippen molar-refractivity contribution >= 4 is 16.8 Å². The minimum atomic E-state index is -1.82. The van der Waals surface area contributed by atoms with E-state index >= 15 is 0 Å². The van der Waals surface area contributed by atoms with E-state index in [2.05, 4.69) is 103 Å². The number of nitrogens with zero attached hydrogens (tertiary/aromatic N) is 3. The maximum absolute atomic E-state index is 3.27. The Bertz CT molecular complexity index is 392. The number of hydrogen-bond acceptors (Lipinski definition) is 3. The molecule has 0 amide bonds. The summed E-state index contributed by atoms with van der Waals surface area (Å²) in [5, 5.41) is 0. The Balaban J connectivity index is 6.95. The monoisotopic (exact) mass is 457 g/mol. The molecule has 0 N–H and O–H groups in total. The van der Waals surface area contributed by atoms with E-state index in [1.54, 1.807) is 0 Å². The molecule has 0 aromatic rings. The molecule has 0 saturated heterocycles. The van der Waals surface area contributed by atoms with Crippen LogP contribution in [-0.2, 0) is 0 Å². The molecule has 0 bridgehead atoms. The van der Waals surface area contributed by atoms with Crippen LogP contribution >= 0.6 is 0 Å². The van der Waals surface area contributed by atoms with Crippen LogP contribution in [0, 0.1) is 0 Å². The second-order valence-corrected chi connectivity index (χ2v) is 19.7. The molecule has 0 aliphatic rings. The molecule has 0 spiro atoms. The van der Waals surface area contributed by atoms with Crippen LogP contribution in [-0.4, -0.2) is 60.9 Å². The summed E-state index contributed by atoms with van der Waals surface area (Å²) in [4.78, 5) is 0. The minimum absolute atomic E-state index is 0.609. The third-order valence-corrected chi connectivity index (χ3v) is 20.9. The van der Waals surface area contributed by atoms with Crippen LogP contribution in [0.4, 0.5) is 0 Å². The van der Waals surface area contributed by atoms with Crippen molar-refractivity contribution in [3.05, 3.63) is 0 Å². The molecule has 0 rings (SSSR count). The third kappa shape index (κ3) is 6.43. The fraction of sp³-hybridized carbons (Fsp3) is 1.00. The molecule has 182 valence electrons. The fourth-order valence-corrected chi connectivity index (χ4v) is 21.9. The largest absolute Gasteiger partial charge is 0.321 e. The molecular weight excluding hydrogens is 398 g/mol. The first-order valence-corrected chi connectivity index (χ1v) is 17.9. The van der Waals surface area contributed by atoms with Gasteiger partial charge in [0.25, 0.3) is 0 Å². The molecule has 0 aromatic carbocycles. The molecule has 0 unspecified atom stereocenters. The van der Waals surface area contributed by atoms with Gasteiger partial charge in [0.05, 0.1) is 0 Å². The number of rotatable bonds is 16. The van der Waals surface area contributed by atoms with Crippen LogP contribution < -0.4 is 0 Å². The van der Waals surface area contributed by atoms with Gasteiger partial charge in [-0.25, -0.2) is 0 Å². The first kappa shape index (κ1) is 30.3. The van der Waals surface area contributed by atoms with Gasteiger partial charge < -0.3 is 13.4 Å². The van der Waals surface area contributed by atoms with Gasteiger partial charge in [-0.1, -0.05) is 103 Å².